The van der Waals surface area contributed by atoms with Gasteiger partial charge in [-0.2, -0.15) is 0 Å². The summed E-state index contributed by atoms with van der Waals surface area (Å²) in [5.74, 6) is 0.992. The van der Waals surface area contributed by atoms with Crippen LogP contribution in [0.1, 0.15) is 43.7 Å². The van der Waals surface area contributed by atoms with Gasteiger partial charge in [-0.05, 0) is 64.2 Å². The minimum atomic E-state index is -0.450. The van der Waals surface area contributed by atoms with Crippen LogP contribution in [0.4, 0.5) is 11.4 Å². The zero-order valence-electron chi connectivity index (χ0n) is 20.7. The SMILES string of the molecule is CCOC(=O)c1cnc2nc(C)c(OCC)cc2c1Nc1ccc(OCCN(CC)CC)cc1. The average Bonchev–Trinajstić information content (AvgIpc) is 2.84. The van der Waals surface area contributed by atoms with E-state index >= 15 is 0 Å². The van der Waals surface area contributed by atoms with Gasteiger partial charge in [-0.3, -0.25) is 0 Å². The van der Waals surface area contributed by atoms with Crippen molar-refractivity contribution in [2.24, 2.45) is 0 Å². The van der Waals surface area contributed by atoms with Gasteiger partial charge in [0.15, 0.2) is 5.65 Å². The first-order valence-corrected chi connectivity index (χ1v) is 11.8. The molecule has 0 aliphatic rings. The number of fused-ring (bicyclic) bond motifs is 1. The summed E-state index contributed by atoms with van der Waals surface area (Å²) in [4.78, 5) is 23.9. The molecule has 34 heavy (non-hydrogen) atoms. The molecular formula is C26H34N4O4. The summed E-state index contributed by atoms with van der Waals surface area (Å²) in [7, 11) is 0. The van der Waals surface area contributed by atoms with Gasteiger partial charge in [-0.15, -0.1) is 0 Å². The molecule has 0 amide bonds. The number of benzene rings is 1. The third-order valence-electron chi connectivity index (χ3n) is 5.49. The summed E-state index contributed by atoms with van der Waals surface area (Å²) >= 11 is 0. The first-order valence-electron chi connectivity index (χ1n) is 11.8. The van der Waals surface area contributed by atoms with Crippen molar-refractivity contribution < 1.29 is 19.0 Å². The van der Waals surface area contributed by atoms with E-state index in [9.17, 15) is 4.79 Å². The van der Waals surface area contributed by atoms with Crippen LogP contribution in [-0.2, 0) is 4.74 Å². The molecule has 2 heterocycles. The Labute approximate surface area is 201 Å². The van der Waals surface area contributed by atoms with Crippen LogP contribution in [0.25, 0.3) is 11.0 Å². The fourth-order valence-electron chi connectivity index (χ4n) is 3.60. The molecule has 8 nitrogen and oxygen atoms in total. The number of pyridine rings is 2. The Morgan fingerprint density at radius 1 is 1.03 bits per heavy atom. The van der Waals surface area contributed by atoms with Crippen LogP contribution in [0.15, 0.2) is 36.5 Å². The standard InChI is InChI=1S/C26H34N4O4/c1-6-30(7-2)14-15-34-20-12-10-19(11-13-20)29-24-21-16-23(32-8-3)18(5)28-25(21)27-17-22(24)26(31)33-9-4/h10-13,16-17H,6-9,14-15H2,1-5H3,(H,27,28,29). The first-order chi connectivity index (χ1) is 16.5. The molecule has 0 aliphatic carbocycles. The molecule has 8 heteroatoms. The van der Waals surface area contributed by atoms with Gasteiger partial charge in [0.1, 0.15) is 23.7 Å². The summed E-state index contributed by atoms with van der Waals surface area (Å²) in [6.45, 7) is 14.2. The van der Waals surface area contributed by atoms with Gasteiger partial charge in [0.25, 0.3) is 0 Å². The third kappa shape index (κ3) is 6.14. The van der Waals surface area contributed by atoms with E-state index in [2.05, 4.69) is 34.0 Å². The van der Waals surface area contributed by atoms with Crippen molar-refractivity contribution in [3.63, 3.8) is 0 Å². The number of aromatic nitrogens is 2. The number of ether oxygens (including phenoxy) is 3. The predicted octanol–water partition coefficient (Wildman–Crippen LogP) is 4.98. The van der Waals surface area contributed by atoms with Gasteiger partial charge in [0, 0.05) is 23.8 Å². The topological polar surface area (TPSA) is 85.8 Å². The Balaban J connectivity index is 1.90. The van der Waals surface area contributed by atoms with Crippen molar-refractivity contribution >= 4 is 28.4 Å². The number of rotatable bonds is 12. The number of carbonyl (C=O) groups excluding carboxylic acids is 1. The molecule has 3 aromatic rings. The van der Waals surface area contributed by atoms with Crippen LogP contribution in [0.5, 0.6) is 11.5 Å². The van der Waals surface area contributed by atoms with Crippen molar-refractivity contribution in [1.82, 2.24) is 14.9 Å². The van der Waals surface area contributed by atoms with Crippen LogP contribution in [0, 0.1) is 6.92 Å². The van der Waals surface area contributed by atoms with Crippen LogP contribution in [-0.4, -0.2) is 60.3 Å². The van der Waals surface area contributed by atoms with Gasteiger partial charge in [-0.1, -0.05) is 13.8 Å². The molecule has 0 spiro atoms. The average molecular weight is 467 g/mol. The number of likely N-dealkylation sites (N-methyl/N-ethyl adjacent to an activating group) is 1. The number of anilines is 2. The monoisotopic (exact) mass is 466 g/mol. The van der Waals surface area contributed by atoms with Gasteiger partial charge in [-0.25, -0.2) is 14.8 Å². The second-order valence-corrected chi connectivity index (χ2v) is 7.67. The van der Waals surface area contributed by atoms with E-state index in [0.29, 0.717) is 41.2 Å². The Hall–Kier alpha value is -3.39. The molecule has 0 bridgehead atoms. The highest BCUT2D eigenvalue weighted by molar-refractivity contribution is 6.05. The van der Waals surface area contributed by atoms with Gasteiger partial charge in [0.2, 0.25) is 0 Å². The number of aryl methyl sites for hydroxylation is 1. The maximum Gasteiger partial charge on any atom is 0.341 e. The third-order valence-corrected chi connectivity index (χ3v) is 5.49. The minimum absolute atomic E-state index is 0.270. The summed E-state index contributed by atoms with van der Waals surface area (Å²) in [6.07, 6.45) is 1.50. The van der Waals surface area contributed by atoms with Crippen LogP contribution < -0.4 is 14.8 Å². The normalized spacial score (nSPS) is 11.0. The van der Waals surface area contributed by atoms with Crippen molar-refractivity contribution in [1.29, 1.82) is 0 Å². The fraction of sp³-hybridized carbons (Fsp3) is 0.423. The Bertz CT molecular complexity index is 1100. The highest BCUT2D eigenvalue weighted by Crippen LogP contribution is 2.33. The molecule has 1 N–H and O–H groups in total. The van der Waals surface area contributed by atoms with Gasteiger partial charge in [0.05, 0.1) is 24.6 Å². The second kappa shape index (κ2) is 12.2. The van der Waals surface area contributed by atoms with E-state index in [-0.39, 0.29) is 6.61 Å². The molecule has 3 rings (SSSR count). The molecule has 0 aliphatic heterocycles. The fourth-order valence-corrected chi connectivity index (χ4v) is 3.60. The quantitative estimate of drug-likeness (QED) is 0.374. The van der Waals surface area contributed by atoms with E-state index in [1.54, 1.807) is 6.92 Å². The molecule has 182 valence electrons. The lowest BCUT2D eigenvalue weighted by Gasteiger charge is -2.18. The highest BCUT2D eigenvalue weighted by Gasteiger charge is 2.19. The Morgan fingerprint density at radius 3 is 2.41 bits per heavy atom. The molecule has 0 unspecified atom stereocenters. The lowest BCUT2D eigenvalue weighted by atomic mass is 10.1. The van der Waals surface area contributed by atoms with Crippen molar-refractivity contribution in [2.75, 3.05) is 44.8 Å². The highest BCUT2D eigenvalue weighted by atomic mass is 16.5. The maximum atomic E-state index is 12.7. The maximum absolute atomic E-state index is 12.7. The summed E-state index contributed by atoms with van der Waals surface area (Å²) in [5.41, 5.74) is 2.97. The number of carbonyl (C=O) groups is 1. The summed E-state index contributed by atoms with van der Waals surface area (Å²) in [5, 5.41) is 4.04. The van der Waals surface area contributed by atoms with Crippen molar-refractivity contribution in [3.8, 4) is 11.5 Å². The number of esters is 1. The van der Waals surface area contributed by atoms with E-state index in [1.807, 2.05) is 44.2 Å². The number of nitrogens with zero attached hydrogens (tertiary/aromatic N) is 3. The lowest BCUT2D eigenvalue weighted by molar-refractivity contribution is 0.0527. The first kappa shape index (κ1) is 25.2. The van der Waals surface area contributed by atoms with E-state index < -0.39 is 5.97 Å². The largest absolute Gasteiger partial charge is 0.492 e. The molecular weight excluding hydrogens is 432 g/mol. The van der Waals surface area contributed by atoms with Gasteiger partial charge < -0.3 is 24.4 Å². The minimum Gasteiger partial charge on any atom is -0.492 e. The number of hydrogen-bond acceptors (Lipinski definition) is 8. The van der Waals surface area contributed by atoms with Crippen LogP contribution in [0.3, 0.4) is 0 Å². The van der Waals surface area contributed by atoms with Crippen molar-refractivity contribution in [3.05, 3.63) is 47.8 Å². The number of hydrogen-bond donors (Lipinski definition) is 1. The summed E-state index contributed by atoms with van der Waals surface area (Å²) in [6, 6.07) is 9.51. The predicted molar refractivity (Wildman–Crippen MR) is 134 cm³/mol. The van der Waals surface area contributed by atoms with Crippen molar-refractivity contribution in [2.45, 2.75) is 34.6 Å². The zero-order chi connectivity index (χ0) is 24.5. The van der Waals surface area contributed by atoms with Crippen LogP contribution >= 0.6 is 0 Å². The summed E-state index contributed by atoms with van der Waals surface area (Å²) < 4.78 is 16.9. The second-order valence-electron chi connectivity index (χ2n) is 7.67. The molecule has 2 aromatic heterocycles. The van der Waals surface area contributed by atoms with E-state index in [0.717, 1.165) is 36.8 Å². The molecule has 0 fully saturated rings. The number of nitrogens with one attached hydrogen (secondary N) is 1. The molecule has 1 aromatic carbocycles. The van der Waals surface area contributed by atoms with Gasteiger partial charge >= 0.3 is 5.97 Å². The lowest BCUT2D eigenvalue weighted by Crippen LogP contribution is -2.27. The van der Waals surface area contributed by atoms with E-state index in [1.165, 1.54) is 6.20 Å². The molecule has 0 saturated heterocycles. The molecule has 0 radical (unpaired) electrons. The molecule has 0 atom stereocenters. The van der Waals surface area contributed by atoms with E-state index in [4.69, 9.17) is 14.2 Å². The molecule has 0 saturated carbocycles. The zero-order valence-corrected chi connectivity index (χ0v) is 20.7. The smallest absolute Gasteiger partial charge is 0.341 e. The Kier molecular flexibility index (Phi) is 9.04. The Morgan fingerprint density at radius 2 is 1.76 bits per heavy atom. The van der Waals surface area contributed by atoms with Crippen LogP contribution in [0.2, 0.25) is 0 Å².